The number of aliphatic hydroxyl groups is 1. The van der Waals surface area contributed by atoms with Crippen LogP contribution in [-0.4, -0.2) is 22.7 Å². The van der Waals surface area contributed by atoms with E-state index in [1.807, 2.05) is 6.42 Å². The van der Waals surface area contributed by atoms with E-state index in [9.17, 15) is 0 Å². The Kier molecular flexibility index (Phi) is 1.37. The average molecular weight is 103 g/mol. The molecule has 0 amide bonds. The van der Waals surface area contributed by atoms with Crippen molar-refractivity contribution >= 4 is 11.8 Å². The van der Waals surface area contributed by atoms with Gasteiger partial charge in [0.15, 0.2) is 0 Å². The summed E-state index contributed by atoms with van der Waals surface area (Å²) in [5.41, 5.74) is 0. The lowest BCUT2D eigenvalue weighted by atomic mass is 10.3. The maximum atomic E-state index is 8.65. The summed E-state index contributed by atoms with van der Waals surface area (Å²) in [7, 11) is 0. The topological polar surface area (TPSA) is 20.2 Å². The van der Waals surface area contributed by atoms with E-state index in [0.29, 0.717) is 0 Å². The monoisotopic (exact) mass is 103 g/mol. The highest BCUT2D eigenvalue weighted by Crippen LogP contribution is 2.14. The second-order valence-corrected chi connectivity index (χ2v) is 2.42. The zero-order valence-electron chi connectivity index (χ0n) is 3.42. The molecule has 1 radical (unpaired) electrons. The summed E-state index contributed by atoms with van der Waals surface area (Å²) >= 11 is 1.78. The number of thioether (sulfide) groups is 1. The highest BCUT2D eigenvalue weighted by Gasteiger charge is 2.10. The largest absolute Gasteiger partial charge is 0.392 e. The van der Waals surface area contributed by atoms with E-state index in [4.69, 9.17) is 5.11 Å². The van der Waals surface area contributed by atoms with Gasteiger partial charge < -0.3 is 5.11 Å². The Morgan fingerprint density at radius 1 is 1.83 bits per heavy atom. The van der Waals surface area contributed by atoms with Crippen molar-refractivity contribution in [2.24, 2.45) is 0 Å². The lowest BCUT2D eigenvalue weighted by Crippen LogP contribution is -2.01. The Morgan fingerprint density at radius 3 is 2.83 bits per heavy atom. The lowest BCUT2D eigenvalue weighted by molar-refractivity contribution is 0.238. The molecular weight excluding hydrogens is 96.1 g/mol. The van der Waals surface area contributed by atoms with Crippen molar-refractivity contribution in [3.63, 3.8) is 0 Å². The summed E-state index contributed by atoms with van der Waals surface area (Å²) in [6, 6.07) is 0. The fourth-order valence-corrected chi connectivity index (χ4v) is 1.31. The molecule has 0 aliphatic carbocycles. The zero-order valence-corrected chi connectivity index (χ0v) is 4.24. The third-order valence-corrected chi connectivity index (χ3v) is 1.78. The molecule has 2 heteroatoms. The maximum absolute atomic E-state index is 8.65. The van der Waals surface area contributed by atoms with E-state index in [2.05, 4.69) is 0 Å². The predicted octanol–water partition coefficient (Wildman–Crippen LogP) is 0.298. The first-order valence-electron chi connectivity index (χ1n) is 1.99. The van der Waals surface area contributed by atoms with Crippen molar-refractivity contribution in [2.45, 2.75) is 6.10 Å². The average Bonchev–Trinajstić information content (AvgIpc) is 1.86. The number of hydrogen-bond acceptors (Lipinski definition) is 2. The number of aliphatic hydroxyl groups excluding tert-OH is 1. The molecular formula is C4H7OS. The van der Waals surface area contributed by atoms with Crippen molar-refractivity contribution in [3.8, 4) is 0 Å². The van der Waals surface area contributed by atoms with Crippen LogP contribution in [0.3, 0.4) is 0 Å². The van der Waals surface area contributed by atoms with Crippen LogP contribution in [0.5, 0.6) is 0 Å². The molecule has 1 atom stereocenters. The Balaban J connectivity index is 2.18. The highest BCUT2D eigenvalue weighted by molar-refractivity contribution is 7.99. The zero-order chi connectivity index (χ0) is 4.41. The van der Waals surface area contributed by atoms with Gasteiger partial charge in [-0.1, -0.05) is 0 Å². The van der Waals surface area contributed by atoms with Crippen LogP contribution in [0.25, 0.3) is 0 Å². The van der Waals surface area contributed by atoms with Crippen LogP contribution in [-0.2, 0) is 0 Å². The standard InChI is InChI=1S/C4H7OS/c5-4-1-2-6-3-4/h1,4-5H,2-3H2. The van der Waals surface area contributed by atoms with Gasteiger partial charge in [0.1, 0.15) is 0 Å². The molecule has 1 N–H and O–H groups in total. The van der Waals surface area contributed by atoms with Crippen LogP contribution in [0.15, 0.2) is 0 Å². The fourth-order valence-electron chi connectivity index (χ4n) is 0.436. The molecule has 0 aromatic carbocycles. The van der Waals surface area contributed by atoms with Crippen molar-refractivity contribution in [1.82, 2.24) is 0 Å². The van der Waals surface area contributed by atoms with Crippen LogP contribution < -0.4 is 0 Å². The Labute approximate surface area is 41.7 Å². The van der Waals surface area contributed by atoms with E-state index < -0.39 is 0 Å². The molecule has 6 heavy (non-hydrogen) atoms. The normalized spacial score (nSPS) is 34.5. The van der Waals surface area contributed by atoms with Crippen molar-refractivity contribution in [1.29, 1.82) is 0 Å². The molecule has 0 spiro atoms. The number of rotatable bonds is 0. The van der Waals surface area contributed by atoms with Crippen LogP contribution >= 0.6 is 11.8 Å². The summed E-state index contributed by atoms with van der Waals surface area (Å²) in [6.45, 7) is 0. The van der Waals surface area contributed by atoms with Gasteiger partial charge in [0.2, 0.25) is 0 Å². The first-order chi connectivity index (χ1) is 2.89. The van der Waals surface area contributed by atoms with E-state index >= 15 is 0 Å². The minimum Gasteiger partial charge on any atom is -0.392 e. The molecule has 1 nitrogen and oxygen atoms in total. The molecule has 1 fully saturated rings. The number of hydrogen-bond donors (Lipinski definition) is 1. The molecule has 0 bridgehead atoms. The van der Waals surface area contributed by atoms with Gasteiger partial charge in [-0.25, -0.2) is 0 Å². The van der Waals surface area contributed by atoms with E-state index in [1.54, 1.807) is 11.8 Å². The Morgan fingerprint density at radius 2 is 2.67 bits per heavy atom. The maximum Gasteiger partial charge on any atom is 0.0670 e. The van der Waals surface area contributed by atoms with Crippen LogP contribution in [0.1, 0.15) is 0 Å². The summed E-state index contributed by atoms with van der Waals surface area (Å²) in [5, 5.41) is 8.65. The van der Waals surface area contributed by atoms with Gasteiger partial charge in [-0.2, -0.15) is 11.8 Å². The summed E-state index contributed by atoms with van der Waals surface area (Å²) in [6.07, 6.45) is 1.81. The van der Waals surface area contributed by atoms with Gasteiger partial charge in [0.05, 0.1) is 6.10 Å². The quantitative estimate of drug-likeness (QED) is 0.476. The van der Waals surface area contributed by atoms with E-state index in [-0.39, 0.29) is 6.10 Å². The molecule has 0 aromatic rings. The summed E-state index contributed by atoms with van der Waals surface area (Å²) in [4.78, 5) is 0. The van der Waals surface area contributed by atoms with Gasteiger partial charge in [-0.15, -0.1) is 0 Å². The minimum absolute atomic E-state index is 0.116. The smallest absolute Gasteiger partial charge is 0.0670 e. The van der Waals surface area contributed by atoms with Gasteiger partial charge >= 0.3 is 0 Å². The second kappa shape index (κ2) is 1.85. The van der Waals surface area contributed by atoms with E-state index in [0.717, 1.165) is 11.5 Å². The Bertz CT molecular complexity index is 40.8. The van der Waals surface area contributed by atoms with Gasteiger partial charge in [0, 0.05) is 12.2 Å². The van der Waals surface area contributed by atoms with Gasteiger partial charge in [0.25, 0.3) is 0 Å². The summed E-state index contributed by atoms with van der Waals surface area (Å²) < 4.78 is 0. The Hall–Kier alpha value is 0.310. The third-order valence-electron chi connectivity index (χ3n) is 0.775. The molecule has 1 aliphatic rings. The minimum atomic E-state index is -0.116. The summed E-state index contributed by atoms with van der Waals surface area (Å²) in [5.74, 6) is 1.93. The van der Waals surface area contributed by atoms with Gasteiger partial charge in [-0.3, -0.25) is 0 Å². The van der Waals surface area contributed by atoms with Crippen LogP contribution in [0.2, 0.25) is 0 Å². The molecule has 1 saturated heterocycles. The molecule has 0 aromatic heterocycles. The first-order valence-corrected chi connectivity index (χ1v) is 3.14. The predicted molar refractivity (Wildman–Crippen MR) is 27.6 cm³/mol. The molecule has 1 aliphatic heterocycles. The molecule has 1 heterocycles. The molecule has 0 saturated carbocycles. The first kappa shape index (κ1) is 4.47. The van der Waals surface area contributed by atoms with E-state index in [1.165, 1.54) is 0 Å². The second-order valence-electron chi connectivity index (χ2n) is 1.34. The third kappa shape index (κ3) is 0.884. The van der Waals surface area contributed by atoms with Crippen molar-refractivity contribution in [3.05, 3.63) is 6.42 Å². The molecule has 1 rings (SSSR count). The molecule has 1 unspecified atom stereocenters. The van der Waals surface area contributed by atoms with Crippen molar-refractivity contribution < 1.29 is 5.11 Å². The SMILES string of the molecule is OC1[CH]CSC1. The van der Waals surface area contributed by atoms with Crippen molar-refractivity contribution in [2.75, 3.05) is 11.5 Å². The lowest BCUT2D eigenvalue weighted by Gasteiger charge is -1.89. The van der Waals surface area contributed by atoms with Gasteiger partial charge in [-0.05, 0) is 5.75 Å². The molecule has 35 valence electrons. The highest BCUT2D eigenvalue weighted by atomic mass is 32.2. The van der Waals surface area contributed by atoms with Crippen LogP contribution in [0.4, 0.5) is 0 Å². The fraction of sp³-hybridized carbons (Fsp3) is 0.750. The van der Waals surface area contributed by atoms with Crippen LogP contribution in [0, 0.1) is 6.42 Å².